The number of rotatable bonds is 2. The Morgan fingerprint density at radius 1 is 1.26 bits per heavy atom. The molecule has 0 bridgehead atoms. The molecule has 0 saturated carbocycles. The van der Waals surface area contributed by atoms with Crippen molar-refractivity contribution in [1.82, 2.24) is 24.3 Å². The molecular formula is C20H18ClN5O. The molecule has 1 atom stereocenters. The molecule has 0 spiro atoms. The number of nitrogens with zero attached hydrogens (tertiary/aromatic N) is 4. The maximum atomic E-state index is 13.1. The molecule has 136 valence electrons. The van der Waals surface area contributed by atoms with E-state index in [9.17, 15) is 4.79 Å². The van der Waals surface area contributed by atoms with Crippen molar-refractivity contribution in [2.45, 2.75) is 25.8 Å². The van der Waals surface area contributed by atoms with Crippen LogP contribution < -0.4 is 0 Å². The van der Waals surface area contributed by atoms with E-state index in [1.807, 2.05) is 52.8 Å². The van der Waals surface area contributed by atoms with Crippen LogP contribution in [0.15, 0.2) is 42.7 Å². The third-order valence-corrected chi connectivity index (χ3v) is 5.36. The summed E-state index contributed by atoms with van der Waals surface area (Å²) in [7, 11) is 0. The molecule has 6 nitrogen and oxygen atoms in total. The van der Waals surface area contributed by atoms with E-state index >= 15 is 0 Å². The number of carbonyl (C=O) groups excluding carboxylic acids is 1. The zero-order chi connectivity index (χ0) is 18.5. The van der Waals surface area contributed by atoms with Crippen molar-refractivity contribution < 1.29 is 4.79 Å². The Bertz CT molecular complexity index is 1180. The number of imidazole rings is 2. The van der Waals surface area contributed by atoms with Gasteiger partial charge < -0.3 is 14.3 Å². The van der Waals surface area contributed by atoms with Gasteiger partial charge in [-0.15, -0.1) is 0 Å². The van der Waals surface area contributed by atoms with E-state index in [1.165, 1.54) is 0 Å². The van der Waals surface area contributed by atoms with Gasteiger partial charge in [0.15, 0.2) is 0 Å². The van der Waals surface area contributed by atoms with Gasteiger partial charge in [-0.1, -0.05) is 11.6 Å². The fourth-order valence-electron chi connectivity index (χ4n) is 3.79. The van der Waals surface area contributed by atoms with Crippen LogP contribution in [0.5, 0.6) is 0 Å². The number of halogens is 1. The molecule has 0 radical (unpaired) electrons. The van der Waals surface area contributed by atoms with E-state index in [0.29, 0.717) is 17.3 Å². The fourth-order valence-corrected chi connectivity index (χ4v) is 3.96. The molecule has 1 fully saturated rings. The molecule has 1 amide bonds. The Kier molecular flexibility index (Phi) is 3.68. The smallest absolute Gasteiger partial charge is 0.274 e. The molecule has 1 saturated heterocycles. The van der Waals surface area contributed by atoms with Crippen LogP contribution in [0, 0.1) is 6.92 Å². The number of benzene rings is 1. The average Bonchev–Trinajstić information content (AvgIpc) is 3.37. The van der Waals surface area contributed by atoms with E-state index < -0.39 is 0 Å². The minimum absolute atomic E-state index is 0.0580. The Hall–Kier alpha value is -2.86. The minimum Gasteiger partial charge on any atom is -0.340 e. The molecule has 3 aromatic heterocycles. The number of nitrogens with one attached hydrogen (secondary N) is 1. The summed E-state index contributed by atoms with van der Waals surface area (Å²) in [6.45, 7) is 2.72. The minimum atomic E-state index is -0.0739. The number of aromatic amines is 1. The molecule has 27 heavy (non-hydrogen) atoms. The van der Waals surface area contributed by atoms with E-state index in [4.69, 9.17) is 11.6 Å². The van der Waals surface area contributed by atoms with Crippen molar-refractivity contribution in [3.8, 4) is 0 Å². The fraction of sp³-hybridized carbons (Fsp3) is 0.250. The van der Waals surface area contributed by atoms with Gasteiger partial charge in [0.1, 0.15) is 17.2 Å². The lowest BCUT2D eigenvalue weighted by molar-refractivity contribution is 0.0725. The maximum absolute atomic E-state index is 13.1. The van der Waals surface area contributed by atoms with E-state index in [2.05, 4.69) is 15.0 Å². The second-order valence-electron chi connectivity index (χ2n) is 7.04. The van der Waals surface area contributed by atoms with Crippen molar-refractivity contribution in [2.75, 3.05) is 6.54 Å². The highest BCUT2D eigenvalue weighted by molar-refractivity contribution is 6.31. The van der Waals surface area contributed by atoms with Crippen LogP contribution in [-0.2, 0) is 0 Å². The summed E-state index contributed by atoms with van der Waals surface area (Å²) in [4.78, 5) is 27.6. The zero-order valence-corrected chi connectivity index (χ0v) is 15.6. The molecule has 1 aromatic carbocycles. The SMILES string of the molecule is Cc1ccn2cc(C(=O)N3CCCC3c3nc4ccc(Cl)cc4[nH]3)nc2c1. The molecule has 4 heterocycles. The molecule has 1 N–H and O–H groups in total. The third-order valence-electron chi connectivity index (χ3n) is 5.13. The van der Waals surface area contributed by atoms with Crippen molar-refractivity contribution in [3.05, 3.63) is 64.8 Å². The lowest BCUT2D eigenvalue weighted by Crippen LogP contribution is -2.31. The van der Waals surface area contributed by atoms with Gasteiger partial charge in [0.2, 0.25) is 0 Å². The van der Waals surface area contributed by atoms with Crippen molar-refractivity contribution >= 4 is 34.2 Å². The number of H-pyrrole nitrogens is 1. The van der Waals surface area contributed by atoms with Crippen LogP contribution >= 0.6 is 11.6 Å². The number of hydrogen-bond donors (Lipinski definition) is 1. The predicted molar refractivity (Wildman–Crippen MR) is 104 cm³/mol. The average molecular weight is 380 g/mol. The first-order valence-electron chi connectivity index (χ1n) is 9.00. The van der Waals surface area contributed by atoms with Crippen molar-refractivity contribution in [1.29, 1.82) is 0 Å². The third kappa shape index (κ3) is 2.77. The molecule has 0 aliphatic carbocycles. The van der Waals surface area contributed by atoms with Gasteiger partial charge >= 0.3 is 0 Å². The molecule has 1 unspecified atom stereocenters. The number of likely N-dealkylation sites (tertiary alicyclic amines) is 1. The lowest BCUT2D eigenvalue weighted by Gasteiger charge is -2.22. The Morgan fingerprint density at radius 3 is 3.04 bits per heavy atom. The highest BCUT2D eigenvalue weighted by Crippen LogP contribution is 2.33. The van der Waals surface area contributed by atoms with Crippen LogP contribution in [0.3, 0.4) is 0 Å². The predicted octanol–water partition coefficient (Wildman–Crippen LogP) is 4.15. The maximum Gasteiger partial charge on any atom is 0.274 e. The topological polar surface area (TPSA) is 66.3 Å². The van der Waals surface area contributed by atoms with Gasteiger partial charge in [0.05, 0.1) is 17.1 Å². The van der Waals surface area contributed by atoms with Crippen LogP contribution in [0.1, 0.15) is 40.8 Å². The first-order chi connectivity index (χ1) is 13.1. The van der Waals surface area contributed by atoms with Gasteiger partial charge in [0.25, 0.3) is 5.91 Å². The summed E-state index contributed by atoms with van der Waals surface area (Å²) in [5, 5.41) is 0.664. The van der Waals surface area contributed by atoms with Crippen molar-refractivity contribution in [2.24, 2.45) is 0 Å². The number of fused-ring (bicyclic) bond motifs is 2. The summed E-state index contributed by atoms with van der Waals surface area (Å²) in [5.74, 6) is 0.745. The second kappa shape index (κ2) is 6.09. The standard InChI is InChI=1S/C20H18ClN5O/c1-12-6-8-25-11-16(22-18(25)9-12)20(27)26-7-2-3-17(26)19-23-14-5-4-13(21)10-15(14)24-19/h4-6,8-11,17H,2-3,7H2,1H3,(H,23,24). The molecular weight excluding hydrogens is 362 g/mol. The number of carbonyl (C=O) groups is 1. The van der Waals surface area contributed by atoms with Crippen molar-refractivity contribution in [3.63, 3.8) is 0 Å². The molecule has 4 aromatic rings. The van der Waals surface area contributed by atoms with Crippen LogP contribution in [0.4, 0.5) is 0 Å². The summed E-state index contributed by atoms with van der Waals surface area (Å²) >= 11 is 6.07. The highest BCUT2D eigenvalue weighted by Gasteiger charge is 2.33. The number of aryl methyl sites for hydroxylation is 1. The van der Waals surface area contributed by atoms with Crippen LogP contribution in [-0.4, -0.2) is 36.7 Å². The second-order valence-corrected chi connectivity index (χ2v) is 7.47. The highest BCUT2D eigenvalue weighted by atomic mass is 35.5. The zero-order valence-electron chi connectivity index (χ0n) is 14.8. The Labute approximate surface area is 160 Å². The number of hydrogen-bond acceptors (Lipinski definition) is 3. The van der Waals surface area contributed by atoms with Crippen LogP contribution in [0.2, 0.25) is 5.02 Å². The Morgan fingerprint density at radius 2 is 2.15 bits per heavy atom. The van der Waals surface area contributed by atoms with E-state index in [1.54, 1.807) is 6.20 Å². The molecule has 1 aliphatic rings. The summed E-state index contributed by atoms with van der Waals surface area (Å²) in [6.07, 6.45) is 5.55. The van der Waals surface area contributed by atoms with Gasteiger partial charge in [0, 0.05) is 24.0 Å². The van der Waals surface area contributed by atoms with Gasteiger partial charge in [-0.25, -0.2) is 9.97 Å². The lowest BCUT2D eigenvalue weighted by atomic mass is 10.2. The largest absolute Gasteiger partial charge is 0.340 e. The quantitative estimate of drug-likeness (QED) is 0.569. The normalized spacial score (nSPS) is 17.3. The number of aromatic nitrogens is 4. The van der Waals surface area contributed by atoms with E-state index in [-0.39, 0.29) is 11.9 Å². The summed E-state index contributed by atoms with van der Waals surface area (Å²) in [6, 6.07) is 9.48. The summed E-state index contributed by atoms with van der Waals surface area (Å²) in [5.41, 5.74) is 4.11. The van der Waals surface area contributed by atoms with E-state index in [0.717, 1.165) is 40.9 Å². The molecule has 7 heteroatoms. The number of pyridine rings is 1. The van der Waals surface area contributed by atoms with Gasteiger partial charge in [-0.3, -0.25) is 4.79 Å². The first kappa shape index (κ1) is 16.3. The molecule has 1 aliphatic heterocycles. The molecule has 5 rings (SSSR count). The van der Waals surface area contributed by atoms with Gasteiger partial charge in [-0.2, -0.15) is 0 Å². The Balaban J connectivity index is 1.49. The first-order valence-corrected chi connectivity index (χ1v) is 9.38. The van der Waals surface area contributed by atoms with Crippen LogP contribution in [0.25, 0.3) is 16.7 Å². The monoisotopic (exact) mass is 379 g/mol. The summed E-state index contributed by atoms with van der Waals surface area (Å²) < 4.78 is 1.88. The van der Waals surface area contributed by atoms with Gasteiger partial charge in [-0.05, 0) is 55.7 Å². The number of amides is 1.